The van der Waals surface area contributed by atoms with Crippen LogP contribution in [0.5, 0.6) is 0 Å². The first-order valence-electron chi connectivity index (χ1n) is 20.9. The second kappa shape index (κ2) is 18.3. The maximum Gasteiger partial charge on any atom is 0.306 e. The summed E-state index contributed by atoms with van der Waals surface area (Å²) >= 11 is 0. The molecule has 45 heavy (non-hydrogen) atoms. The van der Waals surface area contributed by atoms with Crippen molar-refractivity contribution >= 4 is 5.97 Å². The second-order valence-corrected chi connectivity index (χ2v) is 18.1. The predicted octanol–water partition coefficient (Wildman–Crippen LogP) is 13.5. The molecule has 2 heteroatoms. The van der Waals surface area contributed by atoms with Gasteiger partial charge in [-0.05, 0) is 116 Å². The van der Waals surface area contributed by atoms with Gasteiger partial charge in [0, 0.05) is 6.42 Å². The molecule has 2 nitrogen and oxygen atoms in total. The Balaban J connectivity index is 1.12. The molecule has 4 aliphatic rings. The van der Waals surface area contributed by atoms with E-state index in [1.807, 2.05) is 0 Å². The lowest BCUT2D eigenvalue weighted by molar-refractivity contribution is -0.162. The lowest BCUT2D eigenvalue weighted by Gasteiger charge is -2.61. The Morgan fingerprint density at radius 1 is 0.667 bits per heavy atom. The summed E-state index contributed by atoms with van der Waals surface area (Å²) in [5.74, 6) is 6.37. The van der Waals surface area contributed by atoms with Crippen LogP contribution in [0.4, 0.5) is 0 Å². The summed E-state index contributed by atoms with van der Waals surface area (Å²) in [6, 6.07) is 0. The topological polar surface area (TPSA) is 26.3 Å². The molecule has 4 saturated carbocycles. The van der Waals surface area contributed by atoms with Crippen molar-refractivity contribution in [3.8, 4) is 0 Å². The van der Waals surface area contributed by atoms with Crippen molar-refractivity contribution in [1.29, 1.82) is 0 Å². The van der Waals surface area contributed by atoms with Crippen molar-refractivity contribution in [3.05, 3.63) is 0 Å². The molecule has 0 amide bonds. The van der Waals surface area contributed by atoms with Crippen LogP contribution in [0.1, 0.15) is 208 Å². The van der Waals surface area contributed by atoms with Crippen molar-refractivity contribution in [2.75, 3.05) is 0 Å². The van der Waals surface area contributed by atoms with Gasteiger partial charge in [-0.3, -0.25) is 4.79 Å². The van der Waals surface area contributed by atoms with Gasteiger partial charge >= 0.3 is 5.97 Å². The highest BCUT2D eigenvalue weighted by molar-refractivity contribution is 5.69. The van der Waals surface area contributed by atoms with E-state index in [-0.39, 0.29) is 12.1 Å². The zero-order valence-electron chi connectivity index (χ0n) is 31.3. The molecule has 0 bridgehead atoms. The monoisotopic (exact) mass is 627 g/mol. The Bertz CT molecular complexity index is 849. The van der Waals surface area contributed by atoms with Crippen LogP contribution in [0.3, 0.4) is 0 Å². The first kappa shape index (κ1) is 37.3. The highest BCUT2D eigenvalue weighted by atomic mass is 16.5. The van der Waals surface area contributed by atoms with Gasteiger partial charge in [-0.1, -0.05) is 138 Å². The Hall–Kier alpha value is -0.530. The molecule has 0 aromatic rings. The van der Waals surface area contributed by atoms with E-state index in [4.69, 9.17) is 4.74 Å². The third-order valence-electron chi connectivity index (χ3n) is 14.6. The molecule has 0 radical (unpaired) electrons. The summed E-state index contributed by atoms with van der Waals surface area (Å²) in [5.41, 5.74) is 1.06. The van der Waals surface area contributed by atoms with Crippen LogP contribution >= 0.6 is 0 Å². The molecule has 9 atom stereocenters. The largest absolute Gasteiger partial charge is 0.462 e. The summed E-state index contributed by atoms with van der Waals surface area (Å²) in [5, 5.41) is 0. The smallest absolute Gasteiger partial charge is 0.306 e. The van der Waals surface area contributed by atoms with Crippen molar-refractivity contribution in [2.45, 2.75) is 215 Å². The van der Waals surface area contributed by atoms with Crippen LogP contribution < -0.4 is 0 Å². The Labute approximate surface area is 281 Å². The van der Waals surface area contributed by atoms with Crippen molar-refractivity contribution in [2.24, 2.45) is 52.3 Å². The molecule has 2 unspecified atom stereocenters. The van der Waals surface area contributed by atoms with Gasteiger partial charge in [0.1, 0.15) is 6.10 Å². The molecule has 0 aromatic heterocycles. The number of carbonyl (C=O) groups is 1. The fourth-order valence-electron chi connectivity index (χ4n) is 11.9. The first-order chi connectivity index (χ1) is 21.7. The molecule has 0 saturated heterocycles. The minimum Gasteiger partial charge on any atom is -0.462 e. The number of ether oxygens (including phenoxy) is 1. The van der Waals surface area contributed by atoms with Gasteiger partial charge in [0.25, 0.3) is 0 Å². The van der Waals surface area contributed by atoms with Crippen LogP contribution in [-0.4, -0.2) is 12.1 Å². The maximum atomic E-state index is 12.8. The highest BCUT2D eigenvalue weighted by Crippen LogP contribution is 2.68. The SMILES string of the molecule is CCCCCCCCCCCCCCCC(=O)OC1CC[C@@]2(C)C(CC[C@H]3[C@@H]4CC[C@H]([C@H](C)CCCC(C)C)[C@@]4(C)CC[C@@H]32)C1. The number of rotatable bonds is 20. The van der Waals surface area contributed by atoms with Gasteiger partial charge in [-0.2, -0.15) is 0 Å². The van der Waals surface area contributed by atoms with Crippen LogP contribution in [0.25, 0.3) is 0 Å². The van der Waals surface area contributed by atoms with Crippen LogP contribution in [0, 0.1) is 52.3 Å². The molecule has 4 rings (SSSR count). The van der Waals surface area contributed by atoms with Crippen molar-refractivity contribution in [1.82, 2.24) is 0 Å². The fourth-order valence-corrected chi connectivity index (χ4v) is 11.9. The number of esters is 1. The lowest BCUT2D eigenvalue weighted by Crippen LogP contribution is -2.54. The minimum atomic E-state index is 0.0910. The zero-order chi connectivity index (χ0) is 32.3. The summed E-state index contributed by atoms with van der Waals surface area (Å²) < 4.78 is 6.16. The molecule has 0 spiro atoms. The van der Waals surface area contributed by atoms with Crippen molar-refractivity contribution in [3.63, 3.8) is 0 Å². The fraction of sp³-hybridized carbons (Fsp3) is 0.977. The van der Waals surface area contributed by atoms with E-state index < -0.39 is 0 Å². The third kappa shape index (κ3) is 10.00. The molecule has 0 heterocycles. The molecule has 0 N–H and O–H groups in total. The molecule has 262 valence electrons. The van der Waals surface area contributed by atoms with Gasteiger partial charge in [-0.15, -0.1) is 0 Å². The van der Waals surface area contributed by atoms with E-state index >= 15 is 0 Å². The maximum absolute atomic E-state index is 12.8. The van der Waals surface area contributed by atoms with E-state index in [1.165, 1.54) is 141 Å². The molecular formula is C43H78O2. The molecule has 4 aliphatic carbocycles. The van der Waals surface area contributed by atoms with Gasteiger partial charge in [0.05, 0.1) is 0 Å². The van der Waals surface area contributed by atoms with Crippen LogP contribution in [0.15, 0.2) is 0 Å². The Morgan fingerprint density at radius 2 is 1.27 bits per heavy atom. The van der Waals surface area contributed by atoms with E-state index in [0.717, 1.165) is 60.7 Å². The van der Waals surface area contributed by atoms with Crippen LogP contribution in [0.2, 0.25) is 0 Å². The molecule has 0 aromatic carbocycles. The van der Waals surface area contributed by atoms with Gasteiger partial charge in [-0.25, -0.2) is 0 Å². The average molecular weight is 627 g/mol. The summed E-state index contributed by atoms with van der Waals surface area (Å²) in [6.07, 6.45) is 34.9. The number of fused-ring (bicyclic) bond motifs is 5. The van der Waals surface area contributed by atoms with E-state index in [9.17, 15) is 4.79 Å². The zero-order valence-corrected chi connectivity index (χ0v) is 31.3. The lowest BCUT2D eigenvalue weighted by atomic mass is 9.44. The minimum absolute atomic E-state index is 0.0910. The van der Waals surface area contributed by atoms with E-state index in [1.54, 1.807) is 0 Å². The predicted molar refractivity (Wildman–Crippen MR) is 193 cm³/mol. The standard InChI is InChI=1S/C43H78O2/c1-7-8-9-10-11-12-13-14-15-16-17-18-19-23-41(44)45-36-28-30-42(5)35(32-36)24-25-37-39-27-26-38(34(4)22-20-21-33(2)3)43(39,6)31-29-40(37)42/h33-40H,7-32H2,1-6H3/t34-,35?,36?,37+,38-,39+,40+,42+,43-/m1/s1. The number of hydrogen-bond acceptors (Lipinski definition) is 2. The van der Waals surface area contributed by atoms with Gasteiger partial charge in [0.2, 0.25) is 0 Å². The van der Waals surface area contributed by atoms with Crippen LogP contribution in [-0.2, 0) is 9.53 Å². The van der Waals surface area contributed by atoms with E-state index in [2.05, 4.69) is 41.5 Å². The van der Waals surface area contributed by atoms with Gasteiger partial charge in [0.15, 0.2) is 0 Å². The molecular weight excluding hydrogens is 548 g/mol. The van der Waals surface area contributed by atoms with E-state index in [0.29, 0.717) is 17.3 Å². The average Bonchev–Trinajstić information content (AvgIpc) is 3.37. The van der Waals surface area contributed by atoms with Crippen molar-refractivity contribution < 1.29 is 9.53 Å². The number of carbonyl (C=O) groups excluding carboxylic acids is 1. The Kier molecular flexibility index (Phi) is 15.2. The normalized spacial score (nSPS) is 35.1. The number of unbranched alkanes of at least 4 members (excludes halogenated alkanes) is 12. The molecule has 4 fully saturated rings. The van der Waals surface area contributed by atoms with Gasteiger partial charge < -0.3 is 4.74 Å². The summed E-state index contributed by atoms with van der Waals surface area (Å²) in [4.78, 5) is 12.8. The second-order valence-electron chi connectivity index (χ2n) is 18.1. The third-order valence-corrected chi connectivity index (χ3v) is 14.6. The Morgan fingerprint density at radius 3 is 1.91 bits per heavy atom. The number of hydrogen-bond donors (Lipinski definition) is 0. The highest BCUT2D eigenvalue weighted by Gasteiger charge is 2.60. The summed E-state index contributed by atoms with van der Waals surface area (Å²) in [6.45, 7) is 15.1. The first-order valence-corrected chi connectivity index (χ1v) is 20.9. The molecule has 0 aliphatic heterocycles. The summed E-state index contributed by atoms with van der Waals surface area (Å²) in [7, 11) is 0. The quantitative estimate of drug-likeness (QED) is 0.0992.